The fraction of sp³-hybridized carbons (Fsp3) is 0.500. The lowest BCUT2D eigenvalue weighted by Crippen LogP contribution is -2.48. The highest BCUT2D eigenvalue weighted by molar-refractivity contribution is 7.89. The van der Waals surface area contributed by atoms with E-state index < -0.39 is 39.1 Å². The van der Waals surface area contributed by atoms with Gasteiger partial charge in [0, 0.05) is 50.6 Å². The van der Waals surface area contributed by atoms with Gasteiger partial charge in [-0.1, -0.05) is 19.3 Å². The fourth-order valence-electron chi connectivity index (χ4n) is 5.23. The molecule has 0 saturated carbocycles. The molecule has 3 heterocycles. The number of halogens is 3. The molecule has 1 saturated heterocycles. The van der Waals surface area contributed by atoms with Crippen molar-refractivity contribution >= 4 is 27.5 Å². The molecule has 0 N–H and O–H groups in total. The molecule has 14 heteroatoms. The molecule has 2 aliphatic heterocycles. The number of carbonyl (C=O) groups is 2. The van der Waals surface area contributed by atoms with Gasteiger partial charge >= 0.3 is 6.18 Å². The molecule has 4 rings (SSSR count). The lowest BCUT2D eigenvalue weighted by molar-refractivity contribution is -0.138. The number of hydrogen-bond donors (Lipinski definition) is 0. The zero-order valence-electron chi connectivity index (χ0n) is 23.5. The van der Waals surface area contributed by atoms with E-state index in [1.165, 1.54) is 35.9 Å². The fourth-order valence-corrected chi connectivity index (χ4v) is 6.62. The number of nitrogens with zero attached hydrogens (tertiary/aromatic N) is 6. The maximum Gasteiger partial charge on any atom is 0.417 e. The third-order valence-electron chi connectivity index (χ3n) is 7.64. The summed E-state index contributed by atoms with van der Waals surface area (Å²) < 4.78 is 68.7. The van der Waals surface area contributed by atoms with E-state index in [1.807, 2.05) is 0 Å². The van der Waals surface area contributed by atoms with Crippen molar-refractivity contribution in [2.24, 2.45) is 7.05 Å². The lowest BCUT2D eigenvalue weighted by atomic mass is 10.0. The predicted molar refractivity (Wildman–Crippen MR) is 147 cm³/mol. The number of nitriles is 1. The van der Waals surface area contributed by atoms with Gasteiger partial charge in [-0.25, -0.2) is 18.3 Å². The van der Waals surface area contributed by atoms with Gasteiger partial charge in [-0.15, -0.1) is 0 Å². The van der Waals surface area contributed by atoms with Crippen LogP contribution in [-0.2, 0) is 32.8 Å². The van der Waals surface area contributed by atoms with E-state index in [-0.39, 0.29) is 16.3 Å². The Bertz CT molecular complexity index is 1520. The van der Waals surface area contributed by atoms with E-state index in [0.29, 0.717) is 50.7 Å². The average Bonchev–Trinajstić information content (AvgIpc) is 3.48. The first kappa shape index (κ1) is 31.4. The number of anilines is 1. The summed E-state index contributed by atoms with van der Waals surface area (Å²) in [5, 5.41) is 9.07. The van der Waals surface area contributed by atoms with Gasteiger partial charge in [-0.2, -0.15) is 22.7 Å². The second-order valence-electron chi connectivity index (χ2n) is 10.5. The first-order valence-electron chi connectivity index (χ1n) is 13.7. The number of alkyl halides is 3. The van der Waals surface area contributed by atoms with E-state index in [9.17, 15) is 31.2 Å². The number of aromatic nitrogens is 2. The minimum Gasteiger partial charge on any atom is -0.339 e. The molecule has 1 fully saturated rings. The van der Waals surface area contributed by atoms with Crippen LogP contribution in [0.4, 0.5) is 18.9 Å². The molecule has 226 valence electrons. The largest absolute Gasteiger partial charge is 0.417 e. The van der Waals surface area contributed by atoms with E-state index in [1.54, 1.807) is 11.6 Å². The van der Waals surface area contributed by atoms with Crippen LogP contribution < -0.4 is 4.90 Å². The quantitative estimate of drug-likeness (QED) is 0.282. The number of unbranched alkanes of at least 4 members (excludes halogenated alkanes) is 4. The van der Waals surface area contributed by atoms with Crippen molar-refractivity contribution in [3.8, 4) is 6.07 Å². The van der Waals surface area contributed by atoms with Gasteiger partial charge in [0.05, 0.1) is 29.2 Å². The zero-order chi connectivity index (χ0) is 30.7. The van der Waals surface area contributed by atoms with Gasteiger partial charge in [-0.3, -0.25) is 9.59 Å². The third kappa shape index (κ3) is 6.74. The number of imide groups is 1. The van der Waals surface area contributed by atoms with Gasteiger partial charge in [0.25, 0.3) is 21.8 Å². The number of sulfonamides is 1. The van der Waals surface area contributed by atoms with E-state index in [0.717, 1.165) is 43.2 Å². The Labute approximate surface area is 243 Å². The minimum atomic E-state index is -4.80. The van der Waals surface area contributed by atoms with Crippen molar-refractivity contribution < 1.29 is 31.2 Å². The highest BCUT2D eigenvalue weighted by Gasteiger charge is 2.39. The Hall–Kier alpha value is -3.54. The standard InChI is InChI=1S/C28H33F3N6O4S/c1-20-23(27(39)37(26(20)38)22-10-9-21(17-32)24(16-22)28(29,30)31)8-6-4-3-5-7-11-35-12-14-36(15-13-35)42(40,41)25-18-34(2)19-33-25/h9-10,16,18-19H,3-8,11-15H2,1-2H3. The molecule has 1 aromatic carbocycles. The second kappa shape index (κ2) is 12.8. The molecule has 0 bridgehead atoms. The van der Waals surface area contributed by atoms with E-state index >= 15 is 0 Å². The number of imidazole rings is 1. The van der Waals surface area contributed by atoms with Gasteiger partial charge in [0.2, 0.25) is 0 Å². The summed E-state index contributed by atoms with van der Waals surface area (Å²) in [5.41, 5.74) is -1.45. The Morgan fingerprint density at radius 2 is 1.67 bits per heavy atom. The zero-order valence-corrected chi connectivity index (χ0v) is 24.3. The summed E-state index contributed by atoms with van der Waals surface area (Å²) in [7, 11) is -1.86. The second-order valence-corrected chi connectivity index (χ2v) is 12.4. The number of aryl methyl sites for hydroxylation is 1. The Balaban J connectivity index is 1.18. The normalized spacial score (nSPS) is 17.4. The molecule has 0 atom stereocenters. The summed E-state index contributed by atoms with van der Waals surface area (Å²) in [4.78, 5) is 32.7. The molecule has 1 aromatic heterocycles. The van der Waals surface area contributed by atoms with Crippen molar-refractivity contribution in [2.75, 3.05) is 37.6 Å². The molecule has 0 spiro atoms. The Morgan fingerprint density at radius 1 is 1.00 bits per heavy atom. The maximum absolute atomic E-state index is 13.4. The first-order valence-corrected chi connectivity index (χ1v) is 15.2. The number of piperazine rings is 1. The van der Waals surface area contributed by atoms with E-state index in [4.69, 9.17) is 5.26 Å². The molecule has 42 heavy (non-hydrogen) atoms. The smallest absolute Gasteiger partial charge is 0.339 e. The first-order chi connectivity index (χ1) is 19.8. The van der Waals surface area contributed by atoms with Crippen molar-refractivity contribution in [3.05, 3.63) is 53.0 Å². The lowest BCUT2D eigenvalue weighted by Gasteiger charge is -2.33. The van der Waals surface area contributed by atoms with Gasteiger partial charge < -0.3 is 9.47 Å². The Morgan fingerprint density at radius 3 is 2.29 bits per heavy atom. The SMILES string of the molecule is CC1=C(CCCCCCCN2CCN(S(=O)(=O)c3cn(C)cn3)CC2)C(=O)N(c2ccc(C#N)c(C(F)(F)F)c2)C1=O. The van der Waals surface area contributed by atoms with Crippen LogP contribution >= 0.6 is 0 Å². The van der Waals surface area contributed by atoms with E-state index in [2.05, 4.69) is 9.88 Å². The van der Waals surface area contributed by atoms with Crippen LogP contribution in [0, 0.1) is 11.3 Å². The molecule has 2 aliphatic rings. The molecular weight excluding hydrogens is 573 g/mol. The number of amides is 2. The topological polar surface area (TPSA) is 120 Å². The third-order valence-corrected chi connectivity index (χ3v) is 9.43. The summed E-state index contributed by atoms with van der Waals surface area (Å²) >= 11 is 0. The molecule has 2 aromatic rings. The van der Waals surface area contributed by atoms with Gasteiger partial charge in [-0.05, 0) is 50.9 Å². The molecule has 0 unspecified atom stereocenters. The van der Waals surface area contributed by atoms with Gasteiger partial charge in [0.15, 0.2) is 5.03 Å². The summed E-state index contributed by atoms with van der Waals surface area (Å²) in [6.07, 6.45) is 2.81. The molecule has 0 aliphatic carbocycles. The molecule has 2 amide bonds. The van der Waals surface area contributed by atoms with Crippen molar-refractivity contribution in [2.45, 2.75) is 56.7 Å². The number of benzene rings is 1. The van der Waals surface area contributed by atoms with Crippen LogP contribution in [0.3, 0.4) is 0 Å². The summed E-state index contributed by atoms with van der Waals surface area (Å²) in [6, 6.07) is 4.31. The number of hydrogen-bond acceptors (Lipinski definition) is 7. The number of carbonyl (C=O) groups excluding carboxylic acids is 2. The van der Waals surface area contributed by atoms with Crippen LogP contribution in [0.15, 0.2) is 46.9 Å². The summed E-state index contributed by atoms with van der Waals surface area (Å²) in [5.74, 6) is -1.28. The maximum atomic E-state index is 13.4. The van der Waals surface area contributed by atoms with Crippen LogP contribution in [0.2, 0.25) is 0 Å². The summed E-state index contributed by atoms with van der Waals surface area (Å²) in [6.45, 7) is 4.49. The van der Waals surface area contributed by atoms with Crippen molar-refractivity contribution in [3.63, 3.8) is 0 Å². The van der Waals surface area contributed by atoms with Gasteiger partial charge in [0.1, 0.15) is 0 Å². The predicted octanol–water partition coefficient (Wildman–Crippen LogP) is 3.85. The monoisotopic (exact) mass is 606 g/mol. The molecular formula is C28H33F3N6O4S. The van der Waals surface area contributed by atoms with Crippen molar-refractivity contribution in [1.29, 1.82) is 5.26 Å². The molecule has 0 radical (unpaired) electrons. The highest BCUT2D eigenvalue weighted by atomic mass is 32.2. The van der Waals surface area contributed by atoms with Crippen LogP contribution in [0.25, 0.3) is 0 Å². The highest BCUT2D eigenvalue weighted by Crippen LogP contribution is 2.37. The number of rotatable bonds is 11. The van der Waals surface area contributed by atoms with Crippen molar-refractivity contribution in [1.82, 2.24) is 18.8 Å². The average molecular weight is 607 g/mol. The van der Waals surface area contributed by atoms with Crippen LogP contribution in [0.5, 0.6) is 0 Å². The van der Waals surface area contributed by atoms with Crippen LogP contribution in [-0.4, -0.2) is 71.7 Å². The van der Waals surface area contributed by atoms with Crippen LogP contribution in [0.1, 0.15) is 56.6 Å². The Kier molecular flexibility index (Phi) is 9.54. The molecule has 10 nitrogen and oxygen atoms in total. The minimum absolute atomic E-state index is 0.0608.